The molecule has 0 bridgehead atoms. The SMILES string of the molecule is Cc1cc(/C=C2/SC(=O)N(CC(=O)N3CCCCC3)C2=O)c(C)n1-c1ccc(Cl)cc1. The highest BCUT2D eigenvalue weighted by molar-refractivity contribution is 8.18. The zero-order chi connectivity index (χ0) is 22.1. The summed E-state index contributed by atoms with van der Waals surface area (Å²) in [6.07, 6.45) is 4.79. The molecule has 0 unspecified atom stereocenters. The summed E-state index contributed by atoms with van der Waals surface area (Å²) in [6.45, 7) is 5.16. The Morgan fingerprint density at radius 1 is 1.10 bits per heavy atom. The zero-order valence-corrected chi connectivity index (χ0v) is 19.1. The van der Waals surface area contributed by atoms with E-state index in [2.05, 4.69) is 4.57 Å². The van der Waals surface area contributed by atoms with Crippen molar-refractivity contribution in [1.29, 1.82) is 0 Å². The van der Waals surface area contributed by atoms with Gasteiger partial charge in [-0.05, 0) is 86.8 Å². The average molecular weight is 458 g/mol. The lowest BCUT2D eigenvalue weighted by Gasteiger charge is -2.27. The molecular weight excluding hydrogens is 434 g/mol. The van der Waals surface area contributed by atoms with Gasteiger partial charge in [0.2, 0.25) is 5.91 Å². The van der Waals surface area contributed by atoms with Gasteiger partial charge in [-0.15, -0.1) is 0 Å². The number of amides is 3. The average Bonchev–Trinajstić information content (AvgIpc) is 3.19. The smallest absolute Gasteiger partial charge is 0.294 e. The van der Waals surface area contributed by atoms with Crippen LogP contribution < -0.4 is 0 Å². The van der Waals surface area contributed by atoms with Crippen LogP contribution in [0.4, 0.5) is 4.79 Å². The lowest BCUT2D eigenvalue weighted by molar-refractivity contribution is -0.136. The van der Waals surface area contributed by atoms with Crippen LogP contribution in [0.3, 0.4) is 0 Å². The van der Waals surface area contributed by atoms with E-state index >= 15 is 0 Å². The number of imide groups is 1. The molecule has 1 aromatic carbocycles. The van der Waals surface area contributed by atoms with E-state index in [1.807, 2.05) is 44.2 Å². The number of likely N-dealkylation sites (tertiary alicyclic amines) is 1. The fourth-order valence-electron chi connectivity index (χ4n) is 4.08. The Labute approximate surface area is 190 Å². The lowest BCUT2D eigenvalue weighted by Crippen LogP contribution is -2.44. The molecule has 0 radical (unpaired) electrons. The summed E-state index contributed by atoms with van der Waals surface area (Å²) in [5.41, 5.74) is 3.79. The standard InChI is InChI=1S/C23H24ClN3O3S/c1-15-12-17(16(2)27(15)19-8-6-18(24)7-9-19)13-20-22(29)26(23(30)31-20)14-21(28)25-10-4-3-5-11-25/h6-9,12-13H,3-5,10-11,14H2,1-2H3/b20-13+. The highest BCUT2D eigenvalue weighted by Gasteiger charge is 2.37. The van der Waals surface area contributed by atoms with E-state index in [0.29, 0.717) is 23.0 Å². The van der Waals surface area contributed by atoms with Gasteiger partial charge in [0.05, 0.1) is 4.91 Å². The van der Waals surface area contributed by atoms with Crippen LogP contribution in [0.1, 0.15) is 36.2 Å². The Morgan fingerprint density at radius 3 is 2.45 bits per heavy atom. The number of piperidine rings is 1. The van der Waals surface area contributed by atoms with Crippen LogP contribution in [-0.4, -0.2) is 51.1 Å². The number of thioether (sulfide) groups is 1. The molecule has 2 fully saturated rings. The van der Waals surface area contributed by atoms with Gasteiger partial charge in [-0.1, -0.05) is 11.6 Å². The summed E-state index contributed by atoms with van der Waals surface area (Å²) < 4.78 is 2.08. The van der Waals surface area contributed by atoms with Crippen molar-refractivity contribution >= 4 is 46.5 Å². The van der Waals surface area contributed by atoms with Gasteiger partial charge < -0.3 is 9.47 Å². The monoisotopic (exact) mass is 457 g/mol. The van der Waals surface area contributed by atoms with Crippen LogP contribution in [0.2, 0.25) is 5.02 Å². The summed E-state index contributed by atoms with van der Waals surface area (Å²) in [7, 11) is 0. The van der Waals surface area contributed by atoms with Crippen molar-refractivity contribution in [3.63, 3.8) is 0 Å². The van der Waals surface area contributed by atoms with E-state index in [-0.39, 0.29) is 12.5 Å². The third kappa shape index (κ3) is 4.43. The molecule has 0 spiro atoms. The number of aromatic nitrogens is 1. The molecule has 0 atom stereocenters. The Hall–Kier alpha value is -2.51. The minimum Gasteiger partial charge on any atom is -0.341 e. The molecule has 0 aliphatic carbocycles. The van der Waals surface area contributed by atoms with Crippen LogP contribution in [0, 0.1) is 13.8 Å². The molecule has 2 saturated heterocycles. The Balaban J connectivity index is 1.55. The predicted molar refractivity (Wildman–Crippen MR) is 123 cm³/mol. The fourth-order valence-corrected chi connectivity index (χ4v) is 5.03. The van der Waals surface area contributed by atoms with Crippen molar-refractivity contribution in [2.45, 2.75) is 33.1 Å². The van der Waals surface area contributed by atoms with Crippen LogP contribution in [-0.2, 0) is 9.59 Å². The van der Waals surface area contributed by atoms with Crippen molar-refractivity contribution in [3.05, 3.63) is 57.2 Å². The normalized spacial score (nSPS) is 18.4. The van der Waals surface area contributed by atoms with Gasteiger partial charge in [-0.2, -0.15) is 0 Å². The molecule has 1 aromatic heterocycles. The van der Waals surface area contributed by atoms with Gasteiger partial charge in [0.1, 0.15) is 6.54 Å². The quantitative estimate of drug-likeness (QED) is 0.619. The predicted octanol–water partition coefficient (Wildman–Crippen LogP) is 4.80. The molecule has 4 rings (SSSR count). The molecule has 2 aromatic rings. The van der Waals surface area contributed by atoms with E-state index in [9.17, 15) is 14.4 Å². The van der Waals surface area contributed by atoms with Gasteiger partial charge in [-0.3, -0.25) is 19.3 Å². The number of carbonyl (C=O) groups excluding carboxylic acids is 3. The van der Waals surface area contributed by atoms with Gasteiger partial charge in [-0.25, -0.2) is 0 Å². The summed E-state index contributed by atoms with van der Waals surface area (Å²) >= 11 is 6.89. The number of rotatable bonds is 4. The van der Waals surface area contributed by atoms with Crippen LogP contribution in [0.25, 0.3) is 11.8 Å². The first kappa shape index (κ1) is 21.7. The zero-order valence-electron chi connectivity index (χ0n) is 17.6. The second-order valence-electron chi connectivity index (χ2n) is 7.85. The van der Waals surface area contributed by atoms with E-state index in [1.165, 1.54) is 0 Å². The molecule has 162 valence electrons. The van der Waals surface area contributed by atoms with Crippen LogP contribution >= 0.6 is 23.4 Å². The summed E-state index contributed by atoms with van der Waals surface area (Å²) in [4.78, 5) is 41.0. The molecule has 8 heteroatoms. The molecule has 2 aliphatic heterocycles. The van der Waals surface area contributed by atoms with E-state index in [4.69, 9.17) is 11.6 Å². The van der Waals surface area contributed by atoms with Crippen molar-refractivity contribution in [1.82, 2.24) is 14.4 Å². The van der Waals surface area contributed by atoms with E-state index in [0.717, 1.165) is 58.6 Å². The van der Waals surface area contributed by atoms with Crippen LogP contribution in [0.15, 0.2) is 35.2 Å². The van der Waals surface area contributed by atoms with Crippen molar-refractivity contribution in [3.8, 4) is 5.69 Å². The fraction of sp³-hybridized carbons (Fsp3) is 0.348. The minimum atomic E-state index is -0.406. The molecule has 0 saturated carbocycles. The third-order valence-electron chi connectivity index (χ3n) is 5.72. The number of benzene rings is 1. The van der Waals surface area contributed by atoms with Gasteiger partial charge in [0.25, 0.3) is 11.1 Å². The first-order chi connectivity index (χ1) is 14.8. The maximum atomic E-state index is 12.9. The van der Waals surface area contributed by atoms with Crippen molar-refractivity contribution in [2.75, 3.05) is 19.6 Å². The number of hydrogen-bond donors (Lipinski definition) is 0. The lowest BCUT2D eigenvalue weighted by atomic mass is 10.1. The van der Waals surface area contributed by atoms with Gasteiger partial charge in [0.15, 0.2) is 0 Å². The molecule has 0 N–H and O–H groups in total. The maximum absolute atomic E-state index is 12.9. The van der Waals surface area contributed by atoms with Gasteiger partial charge >= 0.3 is 0 Å². The largest absolute Gasteiger partial charge is 0.341 e. The minimum absolute atomic E-state index is 0.163. The highest BCUT2D eigenvalue weighted by Crippen LogP contribution is 2.34. The van der Waals surface area contributed by atoms with Crippen molar-refractivity contribution in [2.24, 2.45) is 0 Å². The number of halogens is 1. The number of nitrogens with zero attached hydrogens (tertiary/aromatic N) is 3. The Bertz CT molecular complexity index is 1070. The summed E-state index contributed by atoms with van der Waals surface area (Å²) in [6, 6.07) is 9.52. The Kier molecular flexibility index (Phi) is 6.25. The van der Waals surface area contributed by atoms with E-state index < -0.39 is 11.1 Å². The van der Waals surface area contributed by atoms with Crippen LogP contribution in [0.5, 0.6) is 0 Å². The van der Waals surface area contributed by atoms with E-state index in [1.54, 1.807) is 11.0 Å². The molecule has 2 aliphatic rings. The summed E-state index contributed by atoms with van der Waals surface area (Å²) in [5, 5.41) is 0.271. The first-order valence-corrected chi connectivity index (χ1v) is 11.5. The maximum Gasteiger partial charge on any atom is 0.294 e. The second-order valence-corrected chi connectivity index (χ2v) is 9.28. The molecule has 6 nitrogen and oxygen atoms in total. The number of carbonyl (C=O) groups is 3. The molecule has 31 heavy (non-hydrogen) atoms. The highest BCUT2D eigenvalue weighted by atomic mass is 35.5. The molecule has 3 amide bonds. The number of hydrogen-bond acceptors (Lipinski definition) is 4. The summed E-state index contributed by atoms with van der Waals surface area (Å²) in [5.74, 6) is -0.569. The van der Waals surface area contributed by atoms with Gasteiger partial charge in [0, 0.05) is 35.2 Å². The third-order valence-corrected chi connectivity index (χ3v) is 6.88. The number of aryl methyl sites for hydroxylation is 1. The Morgan fingerprint density at radius 2 is 1.77 bits per heavy atom. The topological polar surface area (TPSA) is 62.6 Å². The second kappa shape index (κ2) is 8.93. The van der Waals surface area contributed by atoms with Crippen molar-refractivity contribution < 1.29 is 14.4 Å². The molecular formula is C23H24ClN3O3S. The first-order valence-electron chi connectivity index (χ1n) is 10.3. The molecule has 3 heterocycles.